The van der Waals surface area contributed by atoms with Crippen LogP contribution in [0.5, 0.6) is 5.75 Å². The number of aromatic amines is 1. The van der Waals surface area contributed by atoms with Gasteiger partial charge in [0.25, 0.3) is 0 Å². The lowest BCUT2D eigenvalue weighted by Gasteiger charge is -2.36. The average Bonchev–Trinajstić information content (AvgIpc) is 3.18. The van der Waals surface area contributed by atoms with Crippen LogP contribution in [0.1, 0.15) is 34.0 Å². The number of benzene rings is 3. The maximum atomic E-state index is 13.5. The van der Waals surface area contributed by atoms with Crippen LogP contribution in [0, 0.1) is 13.8 Å². The van der Waals surface area contributed by atoms with Gasteiger partial charge in [0, 0.05) is 28.8 Å². The van der Waals surface area contributed by atoms with Crippen LogP contribution in [0.3, 0.4) is 0 Å². The van der Waals surface area contributed by atoms with Gasteiger partial charge in [0.05, 0.1) is 13.2 Å². The van der Waals surface area contributed by atoms with Gasteiger partial charge in [-0.3, -0.25) is 0 Å². The van der Waals surface area contributed by atoms with Crippen LogP contribution >= 0.6 is 0 Å². The molecule has 1 atom stereocenters. The van der Waals surface area contributed by atoms with E-state index in [9.17, 15) is 4.79 Å². The molecule has 0 unspecified atom stereocenters. The van der Waals surface area contributed by atoms with Crippen molar-refractivity contribution in [2.45, 2.75) is 26.3 Å². The van der Waals surface area contributed by atoms with Crippen molar-refractivity contribution in [3.05, 3.63) is 94.7 Å². The first-order chi connectivity index (χ1) is 15.5. The van der Waals surface area contributed by atoms with Gasteiger partial charge in [0.2, 0.25) is 0 Å². The second-order valence-corrected chi connectivity index (χ2v) is 8.43. The highest BCUT2D eigenvalue weighted by atomic mass is 16.5. The second kappa shape index (κ2) is 8.08. The number of fused-ring (bicyclic) bond motifs is 3. The highest BCUT2D eigenvalue weighted by molar-refractivity contribution is 5.92. The summed E-state index contributed by atoms with van der Waals surface area (Å²) in [6, 6.07) is 22.1. The molecule has 5 rings (SSSR count). The SMILES string of the molecule is COc1ccc2[nH]c3c(c2c1)CCN(C(=O)Nc1ccccc1C)[C@H]3c1ccc(C)cc1. The third kappa shape index (κ3) is 3.50. The molecule has 1 aliphatic heterocycles. The molecule has 0 spiro atoms. The highest BCUT2D eigenvalue weighted by Crippen LogP contribution is 2.39. The molecular weight excluding hydrogens is 398 g/mol. The minimum atomic E-state index is -0.193. The number of ether oxygens (including phenoxy) is 1. The molecule has 4 aromatic rings. The van der Waals surface area contributed by atoms with Crippen molar-refractivity contribution in [1.82, 2.24) is 9.88 Å². The molecule has 2 heterocycles. The lowest BCUT2D eigenvalue weighted by Crippen LogP contribution is -2.43. The molecule has 1 aromatic heterocycles. The van der Waals surface area contributed by atoms with Gasteiger partial charge in [-0.2, -0.15) is 0 Å². The third-order valence-corrected chi connectivity index (χ3v) is 6.37. The van der Waals surface area contributed by atoms with E-state index in [0.29, 0.717) is 6.54 Å². The number of carbonyl (C=O) groups is 1. The first-order valence-corrected chi connectivity index (χ1v) is 10.9. The van der Waals surface area contributed by atoms with Crippen LogP contribution in [-0.2, 0) is 6.42 Å². The van der Waals surface area contributed by atoms with E-state index in [1.54, 1.807) is 7.11 Å². The largest absolute Gasteiger partial charge is 0.497 e. The molecular formula is C27H27N3O2. The Morgan fingerprint density at radius 1 is 1.06 bits per heavy atom. The fourth-order valence-electron chi connectivity index (χ4n) is 4.61. The quantitative estimate of drug-likeness (QED) is 0.425. The second-order valence-electron chi connectivity index (χ2n) is 8.43. The molecule has 0 fully saturated rings. The van der Waals surface area contributed by atoms with Crippen molar-refractivity contribution >= 4 is 22.6 Å². The number of carbonyl (C=O) groups excluding carboxylic acids is 1. The Labute approximate surface area is 188 Å². The minimum Gasteiger partial charge on any atom is -0.497 e. The summed E-state index contributed by atoms with van der Waals surface area (Å²) in [5.41, 5.74) is 7.56. The summed E-state index contributed by atoms with van der Waals surface area (Å²) in [5.74, 6) is 0.839. The summed E-state index contributed by atoms with van der Waals surface area (Å²) in [4.78, 5) is 19.0. The van der Waals surface area contributed by atoms with E-state index in [2.05, 4.69) is 53.6 Å². The zero-order valence-electron chi connectivity index (χ0n) is 18.6. The number of nitrogens with zero attached hydrogens (tertiary/aromatic N) is 1. The van der Waals surface area contributed by atoms with Crippen molar-refractivity contribution < 1.29 is 9.53 Å². The summed E-state index contributed by atoms with van der Waals surface area (Å²) in [5, 5.41) is 4.29. The van der Waals surface area contributed by atoms with Crippen molar-refractivity contribution in [1.29, 1.82) is 0 Å². The first-order valence-electron chi connectivity index (χ1n) is 10.9. The maximum Gasteiger partial charge on any atom is 0.322 e. The molecule has 0 bridgehead atoms. The number of rotatable bonds is 3. The Hall–Kier alpha value is -3.73. The summed E-state index contributed by atoms with van der Waals surface area (Å²) in [7, 11) is 1.69. The number of methoxy groups -OCH3 is 1. The molecule has 0 aliphatic carbocycles. The van der Waals surface area contributed by atoms with Crippen molar-refractivity contribution in [3.8, 4) is 5.75 Å². The number of H-pyrrole nitrogens is 1. The lowest BCUT2D eigenvalue weighted by molar-refractivity contribution is 0.193. The Morgan fingerprint density at radius 2 is 1.84 bits per heavy atom. The number of para-hydroxylation sites is 1. The minimum absolute atomic E-state index is 0.0910. The Bertz CT molecular complexity index is 1290. The maximum absolute atomic E-state index is 13.5. The van der Waals surface area contributed by atoms with Gasteiger partial charge < -0.3 is 19.9 Å². The normalized spacial score (nSPS) is 15.5. The average molecular weight is 426 g/mol. The molecule has 162 valence electrons. The molecule has 0 saturated carbocycles. The van der Waals surface area contributed by atoms with E-state index in [0.717, 1.165) is 45.6 Å². The molecule has 0 radical (unpaired) electrons. The van der Waals surface area contributed by atoms with Gasteiger partial charge in [0.15, 0.2) is 0 Å². The smallest absolute Gasteiger partial charge is 0.322 e. The number of aromatic nitrogens is 1. The van der Waals surface area contributed by atoms with Crippen LogP contribution < -0.4 is 10.1 Å². The van der Waals surface area contributed by atoms with Crippen molar-refractivity contribution in [2.75, 3.05) is 19.0 Å². The van der Waals surface area contributed by atoms with Crippen molar-refractivity contribution in [2.24, 2.45) is 0 Å². The summed E-state index contributed by atoms with van der Waals surface area (Å²) in [6.45, 7) is 4.72. The summed E-state index contributed by atoms with van der Waals surface area (Å²) in [6.07, 6.45) is 0.784. The number of urea groups is 1. The van der Waals surface area contributed by atoms with E-state index in [-0.39, 0.29) is 12.1 Å². The fourth-order valence-corrected chi connectivity index (χ4v) is 4.61. The number of nitrogens with one attached hydrogen (secondary N) is 2. The topological polar surface area (TPSA) is 57.4 Å². The zero-order valence-corrected chi connectivity index (χ0v) is 18.6. The number of amides is 2. The number of anilines is 1. The molecule has 2 N–H and O–H groups in total. The third-order valence-electron chi connectivity index (χ3n) is 6.37. The van der Waals surface area contributed by atoms with Gasteiger partial charge in [-0.1, -0.05) is 48.0 Å². The highest BCUT2D eigenvalue weighted by Gasteiger charge is 2.34. The molecule has 32 heavy (non-hydrogen) atoms. The number of hydrogen-bond acceptors (Lipinski definition) is 2. The zero-order chi connectivity index (χ0) is 22.2. The van der Waals surface area contributed by atoms with Crippen molar-refractivity contribution in [3.63, 3.8) is 0 Å². The van der Waals surface area contributed by atoms with Gasteiger partial charge in [0.1, 0.15) is 5.75 Å². The molecule has 5 nitrogen and oxygen atoms in total. The number of hydrogen-bond donors (Lipinski definition) is 2. The molecule has 2 amide bonds. The molecule has 5 heteroatoms. The Balaban J connectivity index is 1.59. The van der Waals surface area contributed by atoms with E-state index in [1.165, 1.54) is 11.1 Å². The monoisotopic (exact) mass is 425 g/mol. The van der Waals surface area contributed by atoms with E-state index < -0.39 is 0 Å². The van der Waals surface area contributed by atoms with E-state index >= 15 is 0 Å². The molecule has 1 aliphatic rings. The lowest BCUT2D eigenvalue weighted by atomic mass is 9.92. The van der Waals surface area contributed by atoms with Gasteiger partial charge in [-0.05, 0) is 61.2 Å². The van der Waals surface area contributed by atoms with Crippen LogP contribution in [0.2, 0.25) is 0 Å². The standard InChI is InChI=1S/C27H27N3O2/c1-17-8-10-19(11-9-17)26-25-21(22-16-20(32-3)12-13-24(22)28-25)14-15-30(26)27(31)29-23-7-5-4-6-18(23)2/h4-13,16,26,28H,14-15H2,1-3H3,(H,29,31)/t26-/m0/s1. The molecule has 0 saturated heterocycles. The van der Waals surface area contributed by atoms with Crippen LogP contribution in [-0.4, -0.2) is 29.6 Å². The van der Waals surface area contributed by atoms with Gasteiger partial charge >= 0.3 is 6.03 Å². The van der Waals surface area contributed by atoms with Gasteiger partial charge in [-0.25, -0.2) is 4.79 Å². The molecule has 3 aromatic carbocycles. The predicted molar refractivity (Wildman–Crippen MR) is 128 cm³/mol. The first kappa shape index (κ1) is 20.2. The summed E-state index contributed by atoms with van der Waals surface area (Å²) < 4.78 is 5.46. The Kier molecular flexibility index (Phi) is 5.10. The number of aryl methyl sites for hydroxylation is 2. The Morgan fingerprint density at radius 3 is 2.59 bits per heavy atom. The van der Waals surface area contributed by atoms with Crippen LogP contribution in [0.15, 0.2) is 66.7 Å². The van der Waals surface area contributed by atoms with Gasteiger partial charge in [-0.15, -0.1) is 0 Å². The van der Waals surface area contributed by atoms with Crippen LogP contribution in [0.25, 0.3) is 10.9 Å². The summed E-state index contributed by atoms with van der Waals surface area (Å²) >= 11 is 0. The fraction of sp³-hybridized carbons (Fsp3) is 0.222. The predicted octanol–water partition coefficient (Wildman–Crippen LogP) is 5.97. The van der Waals surface area contributed by atoms with E-state index in [4.69, 9.17) is 4.74 Å². The van der Waals surface area contributed by atoms with E-state index in [1.807, 2.05) is 42.2 Å². The van der Waals surface area contributed by atoms with Crippen LogP contribution in [0.4, 0.5) is 10.5 Å².